The first-order valence-electron chi connectivity index (χ1n) is 10.2. The third-order valence-corrected chi connectivity index (χ3v) is 5.90. The molecule has 1 saturated heterocycles. The lowest BCUT2D eigenvalue weighted by molar-refractivity contribution is -0.133. The minimum atomic E-state index is -0.119. The number of hydrogen-bond acceptors (Lipinski definition) is 5. The van der Waals surface area contributed by atoms with Gasteiger partial charge in [0.05, 0.1) is 11.3 Å². The second-order valence-electron chi connectivity index (χ2n) is 8.06. The van der Waals surface area contributed by atoms with Crippen LogP contribution >= 0.6 is 0 Å². The standard InChI is InChI=1S/C21H26N6O3/c1-12-9-19(29)27-18(22-12)10-17(24-27)16-5-7-25(8-6-16)20(30)11-26-14(3)21(15(4)28)13(2)23-26/h9-10,16,24H,5-8,11H2,1-4H3. The average molecular weight is 410 g/mol. The van der Waals surface area contributed by atoms with Crippen molar-refractivity contribution in [2.75, 3.05) is 13.1 Å². The third kappa shape index (κ3) is 3.55. The van der Waals surface area contributed by atoms with E-state index in [1.165, 1.54) is 17.5 Å². The highest BCUT2D eigenvalue weighted by Crippen LogP contribution is 2.27. The Labute approximate surface area is 173 Å². The molecular weight excluding hydrogens is 384 g/mol. The van der Waals surface area contributed by atoms with Crippen molar-refractivity contribution in [1.82, 2.24) is 29.3 Å². The van der Waals surface area contributed by atoms with Crippen molar-refractivity contribution in [3.05, 3.63) is 50.8 Å². The zero-order chi connectivity index (χ0) is 21.6. The first-order valence-corrected chi connectivity index (χ1v) is 10.2. The molecule has 3 aromatic rings. The van der Waals surface area contributed by atoms with Crippen LogP contribution in [0.5, 0.6) is 0 Å². The second kappa shape index (κ2) is 7.55. The van der Waals surface area contributed by atoms with Gasteiger partial charge in [-0.15, -0.1) is 0 Å². The summed E-state index contributed by atoms with van der Waals surface area (Å²) in [4.78, 5) is 42.9. The van der Waals surface area contributed by atoms with Crippen LogP contribution in [-0.4, -0.2) is 54.1 Å². The molecule has 9 heteroatoms. The Morgan fingerprint density at radius 3 is 2.50 bits per heavy atom. The fourth-order valence-electron chi connectivity index (χ4n) is 4.37. The van der Waals surface area contributed by atoms with E-state index in [9.17, 15) is 14.4 Å². The summed E-state index contributed by atoms with van der Waals surface area (Å²) < 4.78 is 3.09. The number of aromatic amines is 1. The number of likely N-dealkylation sites (tertiary alicyclic amines) is 1. The Balaban J connectivity index is 1.43. The van der Waals surface area contributed by atoms with Crippen molar-refractivity contribution in [3.8, 4) is 0 Å². The van der Waals surface area contributed by atoms with Gasteiger partial charge >= 0.3 is 0 Å². The summed E-state index contributed by atoms with van der Waals surface area (Å²) in [5, 5.41) is 7.54. The SMILES string of the molecule is CC(=O)c1c(C)nn(CC(=O)N2CCC(c3cc4nc(C)cc(=O)n4[nH]3)CC2)c1C. The molecule has 30 heavy (non-hydrogen) atoms. The van der Waals surface area contributed by atoms with Crippen LogP contribution in [0.3, 0.4) is 0 Å². The predicted molar refractivity (Wildman–Crippen MR) is 111 cm³/mol. The normalized spacial score (nSPS) is 15.1. The summed E-state index contributed by atoms with van der Waals surface area (Å²) in [6.45, 7) is 8.35. The number of rotatable bonds is 4. The maximum Gasteiger partial charge on any atom is 0.272 e. The molecule has 0 saturated carbocycles. The van der Waals surface area contributed by atoms with Crippen LogP contribution in [0.25, 0.3) is 5.65 Å². The van der Waals surface area contributed by atoms with Gasteiger partial charge in [0.1, 0.15) is 6.54 Å². The molecule has 1 amide bonds. The van der Waals surface area contributed by atoms with Crippen molar-refractivity contribution in [2.24, 2.45) is 0 Å². The minimum absolute atomic E-state index is 0.000639. The largest absolute Gasteiger partial charge is 0.341 e. The molecule has 1 aliphatic rings. The molecule has 0 radical (unpaired) electrons. The monoisotopic (exact) mass is 410 g/mol. The molecule has 0 atom stereocenters. The number of amides is 1. The van der Waals surface area contributed by atoms with Gasteiger partial charge < -0.3 is 4.90 Å². The molecule has 4 heterocycles. The quantitative estimate of drug-likeness (QED) is 0.660. The number of carbonyl (C=O) groups is 2. The topological polar surface area (TPSA) is 105 Å². The molecule has 0 spiro atoms. The minimum Gasteiger partial charge on any atom is -0.341 e. The first kappa shape index (κ1) is 20.1. The van der Waals surface area contributed by atoms with Gasteiger partial charge in [-0.3, -0.25) is 24.2 Å². The summed E-state index contributed by atoms with van der Waals surface area (Å²) in [7, 11) is 0. The first-order chi connectivity index (χ1) is 14.2. The molecule has 0 aromatic carbocycles. The van der Waals surface area contributed by atoms with E-state index in [0.717, 1.165) is 24.2 Å². The number of piperidine rings is 1. The van der Waals surface area contributed by atoms with E-state index in [-0.39, 0.29) is 29.7 Å². The van der Waals surface area contributed by atoms with Gasteiger partial charge in [-0.05, 0) is 40.5 Å². The van der Waals surface area contributed by atoms with Crippen LogP contribution in [-0.2, 0) is 11.3 Å². The van der Waals surface area contributed by atoms with E-state index in [0.29, 0.717) is 35.7 Å². The van der Waals surface area contributed by atoms with Crippen LogP contribution < -0.4 is 5.56 Å². The van der Waals surface area contributed by atoms with Crippen molar-refractivity contribution in [1.29, 1.82) is 0 Å². The summed E-state index contributed by atoms with van der Waals surface area (Å²) in [6.07, 6.45) is 1.62. The van der Waals surface area contributed by atoms with Crippen LogP contribution in [0.2, 0.25) is 0 Å². The van der Waals surface area contributed by atoms with E-state index in [1.54, 1.807) is 18.5 Å². The Morgan fingerprint density at radius 1 is 1.17 bits per heavy atom. The van der Waals surface area contributed by atoms with Crippen LogP contribution in [0.4, 0.5) is 0 Å². The van der Waals surface area contributed by atoms with Crippen LogP contribution in [0.15, 0.2) is 16.9 Å². The average Bonchev–Trinajstić information content (AvgIpc) is 3.23. The number of hydrogen-bond donors (Lipinski definition) is 1. The predicted octanol–water partition coefficient (Wildman–Crippen LogP) is 1.75. The molecule has 0 bridgehead atoms. The fourth-order valence-corrected chi connectivity index (χ4v) is 4.37. The highest BCUT2D eigenvalue weighted by molar-refractivity contribution is 5.96. The fraction of sp³-hybridized carbons (Fsp3) is 0.476. The number of ketones is 1. The molecule has 1 fully saturated rings. The van der Waals surface area contributed by atoms with E-state index >= 15 is 0 Å². The van der Waals surface area contributed by atoms with Gasteiger partial charge in [0.2, 0.25) is 5.91 Å². The summed E-state index contributed by atoms with van der Waals surface area (Å²) in [6, 6.07) is 3.43. The molecule has 0 unspecified atom stereocenters. The molecule has 3 aromatic heterocycles. The number of fused-ring (bicyclic) bond motifs is 1. The number of aryl methyl sites for hydroxylation is 2. The number of H-pyrrole nitrogens is 1. The Bertz CT molecular complexity index is 1190. The molecule has 4 rings (SSSR count). The number of nitrogens with zero attached hydrogens (tertiary/aromatic N) is 5. The highest BCUT2D eigenvalue weighted by Gasteiger charge is 2.26. The molecule has 9 nitrogen and oxygen atoms in total. The summed E-state index contributed by atoms with van der Waals surface area (Å²) in [5.74, 6) is 0.208. The lowest BCUT2D eigenvalue weighted by atomic mass is 9.93. The highest BCUT2D eigenvalue weighted by atomic mass is 16.2. The van der Waals surface area contributed by atoms with E-state index in [1.807, 2.05) is 17.9 Å². The van der Waals surface area contributed by atoms with E-state index in [4.69, 9.17) is 0 Å². The molecule has 1 aliphatic heterocycles. The van der Waals surface area contributed by atoms with Crippen LogP contribution in [0, 0.1) is 20.8 Å². The maximum atomic E-state index is 12.8. The van der Waals surface area contributed by atoms with Crippen molar-refractivity contribution in [2.45, 2.75) is 53.0 Å². The Morgan fingerprint density at radius 2 is 1.87 bits per heavy atom. The lowest BCUT2D eigenvalue weighted by Gasteiger charge is -2.31. The van der Waals surface area contributed by atoms with Gasteiger partial charge in [-0.25, -0.2) is 9.50 Å². The number of Topliss-reactive ketones (excluding diaryl/α,β-unsaturated/α-hetero) is 1. The lowest BCUT2D eigenvalue weighted by Crippen LogP contribution is -2.40. The number of carbonyl (C=O) groups excluding carboxylic acids is 2. The zero-order valence-electron chi connectivity index (χ0n) is 17.7. The van der Waals surface area contributed by atoms with Crippen LogP contribution in [0.1, 0.15) is 58.8 Å². The third-order valence-electron chi connectivity index (χ3n) is 5.90. The molecule has 0 aliphatic carbocycles. The van der Waals surface area contributed by atoms with Crippen molar-refractivity contribution >= 4 is 17.3 Å². The Hall–Kier alpha value is -3.23. The van der Waals surface area contributed by atoms with Crippen molar-refractivity contribution in [3.63, 3.8) is 0 Å². The molecule has 158 valence electrons. The van der Waals surface area contributed by atoms with Gasteiger partial charge in [0, 0.05) is 48.2 Å². The molecular formula is C21H26N6O3. The van der Waals surface area contributed by atoms with Gasteiger partial charge in [0.15, 0.2) is 11.4 Å². The number of aromatic nitrogens is 5. The maximum absolute atomic E-state index is 12.8. The smallest absolute Gasteiger partial charge is 0.272 e. The Kier molecular flexibility index (Phi) is 5.05. The van der Waals surface area contributed by atoms with E-state index < -0.39 is 0 Å². The number of nitrogens with one attached hydrogen (secondary N) is 1. The van der Waals surface area contributed by atoms with Gasteiger partial charge in [-0.1, -0.05) is 0 Å². The zero-order valence-corrected chi connectivity index (χ0v) is 17.7. The van der Waals surface area contributed by atoms with Crippen molar-refractivity contribution < 1.29 is 9.59 Å². The summed E-state index contributed by atoms with van der Waals surface area (Å²) >= 11 is 0. The second-order valence-corrected chi connectivity index (χ2v) is 8.06. The van der Waals surface area contributed by atoms with E-state index in [2.05, 4.69) is 15.2 Å². The van der Waals surface area contributed by atoms with Gasteiger partial charge in [-0.2, -0.15) is 5.10 Å². The summed E-state index contributed by atoms with van der Waals surface area (Å²) in [5.41, 5.74) is 4.16. The van der Waals surface area contributed by atoms with Gasteiger partial charge in [0.25, 0.3) is 5.56 Å². The molecule has 1 N–H and O–H groups in total.